The van der Waals surface area contributed by atoms with Crippen LogP contribution in [-0.4, -0.2) is 15.0 Å². The average Bonchev–Trinajstić information content (AvgIpc) is 3.03. The normalized spacial score (nSPS) is 11.0. The Morgan fingerprint density at radius 1 is 0.409 bits per heavy atom. The van der Waals surface area contributed by atoms with Crippen LogP contribution < -0.4 is 9.80 Å². The molecule has 5 rings (SSSR count). The summed E-state index contributed by atoms with van der Waals surface area (Å²) in [4.78, 5) is 19.9. The minimum absolute atomic E-state index is 0.816. The van der Waals surface area contributed by atoms with Crippen LogP contribution in [0, 0.1) is 0 Å². The first kappa shape index (κ1) is 30.9. The van der Waals surface area contributed by atoms with Crippen molar-refractivity contribution < 1.29 is 0 Å². The summed E-state index contributed by atoms with van der Waals surface area (Å²) in [6.45, 7) is 8.83. The van der Waals surface area contributed by atoms with Crippen LogP contribution in [0.5, 0.6) is 0 Å². The number of hydrogen-bond acceptors (Lipinski definition) is 5. The fourth-order valence-corrected chi connectivity index (χ4v) is 5.68. The first-order valence-electron chi connectivity index (χ1n) is 16.3. The zero-order chi connectivity index (χ0) is 30.7. The van der Waals surface area contributed by atoms with E-state index in [0.29, 0.717) is 0 Å². The van der Waals surface area contributed by atoms with Gasteiger partial charge in [0, 0.05) is 22.8 Å². The van der Waals surface area contributed by atoms with Crippen molar-refractivity contribution >= 4 is 34.6 Å². The van der Waals surface area contributed by atoms with E-state index < -0.39 is 0 Å². The third-order valence-electron chi connectivity index (χ3n) is 7.65. The molecule has 5 nitrogen and oxygen atoms in total. The van der Waals surface area contributed by atoms with Crippen molar-refractivity contribution in [1.29, 1.82) is 0 Å². The van der Waals surface area contributed by atoms with E-state index in [2.05, 4.69) is 141 Å². The molecule has 0 atom stereocenters. The number of aryl methyl sites for hydroxylation is 4. The van der Waals surface area contributed by atoms with Gasteiger partial charge in [-0.3, -0.25) is 9.80 Å². The van der Waals surface area contributed by atoms with Crippen molar-refractivity contribution in [3.63, 3.8) is 0 Å². The Morgan fingerprint density at radius 2 is 0.773 bits per heavy atom. The standard InChI is InChI=1S/C39H45N5/c1-5-14-30-18-9-22-34(28-30)43(36-24-11-20-32(40-36)16-7-3)38-26-13-27-39(42-38)44(35-23-10-19-31(29-35)15-6-2)37-25-12-21-33(41-37)17-8-4/h9-13,18-29H,5-8,14-17H2,1-4H3. The van der Waals surface area contributed by atoms with Gasteiger partial charge in [-0.25, -0.2) is 15.0 Å². The number of nitrogens with zero attached hydrogens (tertiary/aromatic N) is 5. The molecule has 5 heteroatoms. The lowest BCUT2D eigenvalue weighted by molar-refractivity contribution is 0.878. The molecule has 0 unspecified atom stereocenters. The van der Waals surface area contributed by atoms with E-state index in [-0.39, 0.29) is 0 Å². The van der Waals surface area contributed by atoms with E-state index in [1.165, 1.54) is 11.1 Å². The third-order valence-corrected chi connectivity index (χ3v) is 7.65. The van der Waals surface area contributed by atoms with Crippen LogP contribution in [0.25, 0.3) is 0 Å². The molecule has 0 spiro atoms. The molecule has 226 valence electrons. The van der Waals surface area contributed by atoms with Crippen molar-refractivity contribution in [1.82, 2.24) is 15.0 Å². The maximum Gasteiger partial charge on any atom is 0.141 e. The Kier molecular flexibility index (Phi) is 10.7. The molecule has 0 saturated heterocycles. The molecule has 3 aromatic heterocycles. The highest BCUT2D eigenvalue weighted by Gasteiger charge is 2.21. The van der Waals surface area contributed by atoms with Crippen molar-refractivity contribution in [2.45, 2.75) is 79.1 Å². The molecule has 0 fully saturated rings. The van der Waals surface area contributed by atoms with Gasteiger partial charge in [-0.1, -0.05) is 95.8 Å². The first-order chi connectivity index (χ1) is 21.6. The number of benzene rings is 2. The summed E-state index contributed by atoms with van der Waals surface area (Å²) in [6.07, 6.45) is 8.22. The highest BCUT2D eigenvalue weighted by molar-refractivity contribution is 5.77. The molecule has 0 aliphatic heterocycles. The molecule has 44 heavy (non-hydrogen) atoms. The minimum atomic E-state index is 0.816. The summed E-state index contributed by atoms with van der Waals surface area (Å²) in [6, 6.07) is 36.4. The predicted molar refractivity (Wildman–Crippen MR) is 185 cm³/mol. The van der Waals surface area contributed by atoms with Crippen molar-refractivity contribution in [2.24, 2.45) is 0 Å². The Labute approximate surface area is 263 Å². The van der Waals surface area contributed by atoms with Crippen molar-refractivity contribution in [3.05, 3.63) is 126 Å². The molecular formula is C39H45N5. The minimum Gasteiger partial charge on any atom is -0.279 e. The van der Waals surface area contributed by atoms with E-state index in [1.54, 1.807) is 0 Å². The highest BCUT2D eigenvalue weighted by Crippen LogP contribution is 2.37. The second-order valence-corrected chi connectivity index (χ2v) is 11.3. The molecule has 2 aromatic carbocycles. The molecule has 0 saturated carbocycles. The topological polar surface area (TPSA) is 45.2 Å². The fourth-order valence-electron chi connectivity index (χ4n) is 5.68. The predicted octanol–water partition coefficient (Wildman–Crippen LogP) is 10.6. The quantitative estimate of drug-likeness (QED) is 0.130. The van der Waals surface area contributed by atoms with Crippen LogP contribution in [0.2, 0.25) is 0 Å². The molecule has 5 aromatic rings. The maximum atomic E-state index is 5.35. The zero-order valence-electron chi connectivity index (χ0n) is 26.7. The second kappa shape index (κ2) is 15.3. The number of rotatable bonds is 14. The Morgan fingerprint density at radius 3 is 1.18 bits per heavy atom. The van der Waals surface area contributed by atoms with E-state index in [9.17, 15) is 0 Å². The van der Waals surface area contributed by atoms with E-state index in [4.69, 9.17) is 15.0 Å². The van der Waals surface area contributed by atoms with Crippen LogP contribution in [0.4, 0.5) is 34.6 Å². The lowest BCUT2D eigenvalue weighted by Crippen LogP contribution is -2.18. The SMILES string of the molecule is CCCc1cccc(N(c2cccc(CCC)n2)c2cccc(N(c3cccc(CCC)c3)c3cccc(CCC)n3)n2)c1. The van der Waals surface area contributed by atoms with Gasteiger partial charge in [0.2, 0.25) is 0 Å². The molecule has 0 aliphatic rings. The molecule has 0 N–H and O–H groups in total. The summed E-state index contributed by atoms with van der Waals surface area (Å²) in [5.74, 6) is 3.37. The van der Waals surface area contributed by atoms with Gasteiger partial charge in [-0.15, -0.1) is 0 Å². The van der Waals surface area contributed by atoms with Gasteiger partial charge in [0.05, 0.1) is 0 Å². The van der Waals surface area contributed by atoms with Gasteiger partial charge < -0.3 is 0 Å². The smallest absolute Gasteiger partial charge is 0.141 e. The van der Waals surface area contributed by atoms with Gasteiger partial charge in [0.25, 0.3) is 0 Å². The molecule has 0 radical (unpaired) electrons. The summed E-state index contributed by atoms with van der Waals surface area (Å²) < 4.78 is 0. The number of aromatic nitrogens is 3. The van der Waals surface area contributed by atoms with Crippen LogP contribution in [0.15, 0.2) is 103 Å². The van der Waals surface area contributed by atoms with Gasteiger partial charge in [-0.05, 0) is 97.5 Å². The average molecular weight is 584 g/mol. The Hall–Kier alpha value is -4.51. The van der Waals surface area contributed by atoms with Crippen LogP contribution >= 0.6 is 0 Å². The summed E-state index contributed by atoms with van der Waals surface area (Å²) in [5.41, 5.74) is 6.90. The van der Waals surface area contributed by atoms with Gasteiger partial charge in [0.1, 0.15) is 23.3 Å². The number of hydrogen-bond donors (Lipinski definition) is 0. The summed E-state index contributed by atoms with van der Waals surface area (Å²) in [7, 11) is 0. The van der Waals surface area contributed by atoms with E-state index >= 15 is 0 Å². The van der Waals surface area contributed by atoms with Crippen LogP contribution in [0.3, 0.4) is 0 Å². The van der Waals surface area contributed by atoms with Gasteiger partial charge in [-0.2, -0.15) is 0 Å². The number of anilines is 6. The Bertz CT molecular complexity index is 1430. The van der Waals surface area contributed by atoms with Gasteiger partial charge >= 0.3 is 0 Å². The number of pyridine rings is 3. The second-order valence-electron chi connectivity index (χ2n) is 11.3. The Balaban J connectivity index is 1.67. The maximum absolute atomic E-state index is 5.35. The fraction of sp³-hybridized carbons (Fsp3) is 0.308. The monoisotopic (exact) mass is 583 g/mol. The third kappa shape index (κ3) is 7.52. The first-order valence-corrected chi connectivity index (χ1v) is 16.3. The highest BCUT2D eigenvalue weighted by atomic mass is 15.3. The summed E-state index contributed by atoms with van der Waals surface area (Å²) >= 11 is 0. The van der Waals surface area contributed by atoms with E-state index in [1.807, 2.05) is 0 Å². The van der Waals surface area contributed by atoms with Crippen LogP contribution in [-0.2, 0) is 25.7 Å². The molecule has 0 aliphatic carbocycles. The summed E-state index contributed by atoms with van der Waals surface area (Å²) in [5, 5.41) is 0. The van der Waals surface area contributed by atoms with Gasteiger partial charge in [0.15, 0.2) is 0 Å². The molecule has 0 bridgehead atoms. The van der Waals surface area contributed by atoms with Crippen molar-refractivity contribution in [3.8, 4) is 0 Å². The lowest BCUT2D eigenvalue weighted by atomic mass is 10.1. The molecular weight excluding hydrogens is 538 g/mol. The lowest BCUT2D eigenvalue weighted by Gasteiger charge is -2.28. The molecule has 3 heterocycles. The zero-order valence-corrected chi connectivity index (χ0v) is 26.7. The largest absolute Gasteiger partial charge is 0.279 e. The van der Waals surface area contributed by atoms with E-state index in [0.717, 1.165) is 97.4 Å². The van der Waals surface area contributed by atoms with Crippen molar-refractivity contribution in [2.75, 3.05) is 9.80 Å². The molecule has 0 amide bonds. The van der Waals surface area contributed by atoms with Crippen LogP contribution in [0.1, 0.15) is 75.9 Å².